The molecule has 1 amide bonds. The summed E-state index contributed by atoms with van der Waals surface area (Å²) in [6.45, 7) is 1.91. The van der Waals surface area contributed by atoms with Gasteiger partial charge in [0.15, 0.2) is 0 Å². The minimum absolute atomic E-state index is 0.127. The van der Waals surface area contributed by atoms with E-state index < -0.39 is 0 Å². The first-order valence-electron chi connectivity index (χ1n) is 6.08. The molecule has 0 fully saturated rings. The smallest absolute Gasteiger partial charge is 0.253 e. The molecule has 20 heavy (non-hydrogen) atoms. The summed E-state index contributed by atoms with van der Waals surface area (Å²) in [7, 11) is 0. The first-order valence-corrected chi connectivity index (χ1v) is 7.26. The van der Waals surface area contributed by atoms with E-state index in [-0.39, 0.29) is 11.9 Å². The maximum Gasteiger partial charge on any atom is 0.253 e. The number of hydrogen-bond acceptors (Lipinski definition) is 2. The van der Waals surface area contributed by atoms with Crippen LogP contribution in [-0.2, 0) is 0 Å². The van der Waals surface area contributed by atoms with Crippen molar-refractivity contribution < 1.29 is 4.79 Å². The lowest BCUT2D eigenvalue weighted by molar-refractivity contribution is 0.0940. The van der Waals surface area contributed by atoms with Gasteiger partial charge in [0.25, 0.3) is 5.91 Å². The molecule has 5 heteroatoms. The molecule has 0 aliphatic rings. The Balaban J connectivity index is 2.15. The molecule has 1 unspecified atom stereocenters. The van der Waals surface area contributed by atoms with Gasteiger partial charge in [-0.05, 0) is 42.8 Å². The Morgan fingerprint density at radius 3 is 2.55 bits per heavy atom. The fraction of sp³-hybridized carbons (Fsp3) is 0.133. The Hall–Kier alpha value is -1.52. The molecule has 2 aromatic rings. The number of halogens is 2. The molecule has 0 aliphatic carbocycles. The summed E-state index contributed by atoms with van der Waals surface area (Å²) in [5.41, 5.74) is 7.77. The molecule has 1 atom stereocenters. The zero-order chi connectivity index (χ0) is 14.7. The summed E-state index contributed by atoms with van der Waals surface area (Å²) >= 11 is 9.37. The van der Waals surface area contributed by atoms with Crippen molar-refractivity contribution in [2.24, 2.45) is 0 Å². The van der Waals surface area contributed by atoms with Crippen LogP contribution in [0.25, 0.3) is 0 Å². The van der Waals surface area contributed by atoms with Gasteiger partial charge >= 0.3 is 0 Å². The van der Waals surface area contributed by atoms with Crippen molar-refractivity contribution in [1.29, 1.82) is 0 Å². The molecule has 0 aromatic heterocycles. The molecule has 2 aromatic carbocycles. The summed E-state index contributed by atoms with van der Waals surface area (Å²) in [4.78, 5) is 12.2. The summed E-state index contributed by atoms with van der Waals surface area (Å²) in [5.74, 6) is -0.208. The highest BCUT2D eigenvalue weighted by Crippen LogP contribution is 2.22. The van der Waals surface area contributed by atoms with E-state index in [0.717, 1.165) is 10.0 Å². The number of nitrogen functional groups attached to an aromatic ring is 1. The molecule has 0 saturated heterocycles. The van der Waals surface area contributed by atoms with Crippen molar-refractivity contribution in [2.45, 2.75) is 13.0 Å². The highest BCUT2D eigenvalue weighted by atomic mass is 79.9. The van der Waals surface area contributed by atoms with Gasteiger partial charge in [-0.2, -0.15) is 0 Å². The molecule has 104 valence electrons. The number of hydrogen-bond donors (Lipinski definition) is 2. The second kappa shape index (κ2) is 6.29. The number of carbonyl (C=O) groups is 1. The molecular weight excluding hydrogens is 340 g/mol. The van der Waals surface area contributed by atoms with Crippen LogP contribution < -0.4 is 11.1 Å². The third-order valence-corrected chi connectivity index (χ3v) is 3.78. The van der Waals surface area contributed by atoms with E-state index in [4.69, 9.17) is 17.3 Å². The van der Waals surface area contributed by atoms with E-state index in [1.807, 2.05) is 31.2 Å². The molecule has 0 aliphatic heterocycles. The SMILES string of the molecule is CC(NC(=O)c1cc(Br)ccc1Cl)c1ccc(N)cc1. The van der Waals surface area contributed by atoms with Gasteiger partial charge in [0, 0.05) is 10.2 Å². The van der Waals surface area contributed by atoms with Crippen molar-refractivity contribution >= 4 is 39.1 Å². The van der Waals surface area contributed by atoms with E-state index in [2.05, 4.69) is 21.2 Å². The van der Waals surface area contributed by atoms with Crippen molar-refractivity contribution in [2.75, 3.05) is 5.73 Å². The lowest BCUT2D eigenvalue weighted by Gasteiger charge is -2.15. The second-order valence-corrected chi connectivity index (χ2v) is 5.81. The lowest BCUT2D eigenvalue weighted by Crippen LogP contribution is -2.26. The molecule has 0 bridgehead atoms. The van der Waals surface area contributed by atoms with Crippen LogP contribution in [0.3, 0.4) is 0 Å². The van der Waals surface area contributed by atoms with Gasteiger partial charge in [-0.15, -0.1) is 0 Å². The first-order chi connectivity index (χ1) is 9.47. The van der Waals surface area contributed by atoms with Gasteiger partial charge in [0.2, 0.25) is 0 Å². The lowest BCUT2D eigenvalue weighted by atomic mass is 10.1. The quantitative estimate of drug-likeness (QED) is 0.813. The Labute approximate surface area is 131 Å². The Morgan fingerprint density at radius 2 is 1.90 bits per heavy atom. The third-order valence-electron chi connectivity index (χ3n) is 2.96. The predicted molar refractivity (Wildman–Crippen MR) is 85.9 cm³/mol. The van der Waals surface area contributed by atoms with Crippen LogP contribution in [0, 0.1) is 0 Å². The monoisotopic (exact) mass is 352 g/mol. The maximum absolute atomic E-state index is 12.2. The minimum atomic E-state index is -0.208. The average molecular weight is 354 g/mol. The Kier molecular flexibility index (Phi) is 4.68. The van der Waals surface area contributed by atoms with E-state index in [1.54, 1.807) is 18.2 Å². The molecule has 0 spiro atoms. The van der Waals surface area contributed by atoms with Gasteiger partial charge in [-0.25, -0.2) is 0 Å². The van der Waals surface area contributed by atoms with Crippen LogP contribution in [0.5, 0.6) is 0 Å². The molecule has 2 rings (SSSR count). The van der Waals surface area contributed by atoms with Crippen LogP contribution in [0.2, 0.25) is 5.02 Å². The molecule has 0 radical (unpaired) electrons. The van der Waals surface area contributed by atoms with E-state index in [9.17, 15) is 4.79 Å². The standard InChI is InChI=1S/C15H14BrClN2O/c1-9(10-2-5-12(18)6-3-10)19-15(20)13-8-11(16)4-7-14(13)17/h2-9H,18H2,1H3,(H,19,20). The average Bonchev–Trinajstić information content (AvgIpc) is 2.42. The fourth-order valence-corrected chi connectivity index (χ4v) is 2.38. The predicted octanol–water partition coefficient (Wildman–Crippen LogP) is 4.18. The summed E-state index contributed by atoms with van der Waals surface area (Å²) < 4.78 is 0.812. The van der Waals surface area contributed by atoms with Crippen molar-refractivity contribution in [1.82, 2.24) is 5.32 Å². The Bertz CT molecular complexity index is 628. The highest BCUT2D eigenvalue weighted by molar-refractivity contribution is 9.10. The zero-order valence-corrected chi connectivity index (χ0v) is 13.2. The van der Waals surface area contributed by atoms with Gasteiger partial charge in [-0.3, -0.25) is 4.79 Å². The molecule has 0 heterocycles. The summed E-state index contributed by atoms with van der Waals surface area (Å²) in [5, 5.41) is 3.34. The van der Waals surface area contributed by atoms with Crippen molar-refractivity contribution in [3.05, 3.63) is 63.1 Å². The molecular formula is C15H14BrClN2O. The number of benzene rings is 2. The number of carbonyl (C=O) groups excluding carboxylic acids is 1. The largest absolute Gasteiger partial charge is 0.399 e. The summed E-state index contributed by atoms with van der Waals surface area (Å²) in [6.07, 6.45) is 0. The van der Waals surface area contributed by atoms with Crippen LogP contribution in [0.4, 0.5) is 5.69 Å². The summed E-state index contributed by atoms with van der Waals surface area (Å²) in [6, 6.07) is 12.5. The van der Waals surface area contributed by atoms with Crippen LogP contribution in [-0.4, -0.2) is 5.91 Å². The minimum Gasteiger partial charge on any atom is -0.399 e. The second-order valence-electron chi connectivity index (χ2n) is 4.49. The normalized spacial score (nSPS) is 11.9. The molecule has 3 nitrogen and oxygen atoms in total. The van der Waals surface area contributed by atoms with Gasteiger partial charge < -0.3 is 11.1 Å². The number of anilines is 1. The van der Waals surface area contributed by atoms with Gasteiger partial charge in [0.05, 0.1) is 16.6 Å². The number of amides is 1. The van der Waals surface area contributed by atoms with Gasteiger partial charge in [-0.1, -0.05) is 39.7 Å². The van der Waals surface area contributed by atoms with Crippen LogP contribution in [0.1, 0.15) is 28.9 Å². The molecule has 3 N–H and O–H groups in total. The molecule has 0 saturated carbocycles. The highest BCUT2D eigenvalue weighted by Gasteiger charge is 2.14. The van der Waals surface area contributed by atoms with Crippen LogP contribution in [0.15, 0.2) is 46.9 Å². The van der Waals surface area contributed by atoms with E-state index in [0.29, 0.717) is 16.3 Å². The maximum atomic E-state index is 12.2. The zero-order valence-electron chi connectivity index (χ0n) is 10.9. The third kappa shape index (κ3) is 3.52. The number of nitrogens with two attached hydrogens (primary N) is 1. The van der Waals surface area contributed by atoms with Crippen molar-refractivity contribution in [3.8, 4) is 0 Å². The first kappa shape index (κ1) is 14.9. The van der Waals surface area contributed by atoms with E-state index in [1.165, 1.54) is 0 Å². The van der Waals surface area contributed by atoms with Gasteiger partial charge in [0.1, 0.15) is 0 Å². The van der Waals surface area contributed by atoms with Crippen LogP contribution >= 0.6 is 27.5 Å². The number of nitrogens with one attached hydrogen (secondary N) is 1. The Morgan fingerprint density at radius 1 is 1.25 bits per heavy atom. The fourth-order valence-electron chi connectivity index (χ4n) is 1.81. The number of rotatable bonds is 3. The van der Waals surface area contributed by atoms with E-state index >= 15 is 0 Å². The van der Waals surface area contributed by atoms with Crippen molar-refractivity contribution in [3.63, 3.8) is 0 Å². The topological polar surface area (TPSA) is 55.1 Å².